The van der Waals surface area contributed by atoms with Crippen LogP contribution < -0.4 is 0 Å². The maximum atomic E-state index is 11.5. The van der Waals surface area contributed by atoms with E-state index in [-0.39, 0.29) is 5.97 Å². The van der Waals surface area contributed by atoms with Crippen LogP contribution in [-0.2, 0) is 9.53 Å². The van der Waals surface area contributed by atoms with E-state index < -0.39 is 0 Å². The number of ether oxygens (including phenoxy) is 1. The minimum Gasteiger partial charge on any atom is -0.466 e. The summed E-state index contributed by atoms with van der Waals surface area (Å²) >= 11 is 0. The summed E-state index contributed by atoms with van der Waals surface area (Å²) in [6.45, 7) is 2.84. The Morgan fingerprint density at radius 1 is 0.818 bits per heavy atom. The van der Waals surface area contributed by atoms with Crippen molar-refractivity contribution in [3.63, 3.8) is 0 Å². The van der Waals surface area contributed by atoms with Crippen LogP contribution in [0.1, 0.15) is 103 Å². The lowest BCUT2D eigenvalue weighted by molar-refractivity contribution is -0.143. The van der Waals surface area contributed by atoms with Crippen molar-refractivity contribution in [2.45, 2.75) is 103 Å². The molecule has 0 aromatic carbocycles. The van der Waals surface area contributed by atoms with Gasteiger partial charge in [-0.15, -0.1) is 12.3 Å². The SMILES string of the molecule is C#CCCCCCCCCC(=O)OCCCCCCCCC. The predicted octanol–water partition coefficient (Wildman–Crippen LogP) is 6.03. The fourth-order valence-corrected chi connectivity index (χ4v) is 2.52. The van der Waals surface area contributed by atoms with Crippen molar-refractivity contribution in [2.75, 3.05) is 6.61 Å². The Labute approximate surface area is 138 Å². The molecule has 0 bridgehead atoms. The fraction of sp³-hybridized carbons (Fsp3) is 0.850. The van der Waals surface area contributed by atoms with Gasteiger partial charge in [-0.3, -0.25) is 4.79 Å². The lowest BCUT2D eigenvalue weighted by atomic mass is 10.1. The van der Waals surface area contributed by atoms with Gasteiger partial charge in [0, 0.05) is 12.8 Å². The Balaban J connectivity index is 3.15. The van der Waals surface area contributed by atoms with Gasteiger partial charge in [0.15, 0.2) is 0 Å². The number of carbonyl (C=O) groups is 1. The summed E-state index contributed by atoms with van der Waals surface area (Å²) in [6.07, 6.45) is 22.4. The number of carbonyl (C=O) groups excluding carboxylic acids is 1. The van der Waals surface area contributed by atoms with Gasteiger partial charge in [-0.05, 0) is 19.3 Å². The molecule has 2 nitrogen and oxygen atoms in total. The van der Waals surface area contributed by atoms with Crippen LogP contribution in [0.4, 0.5) is 0 Å². The second-order valence-corrected chi connectivity index (χ2v) is 6.17. The van der Waals surface area contributed by atoms with Gasteiger partial charge in [0.05, 0.1) is 6.61 Å². The van der Waals surface area contributed by atoms with Crippen molar-refractivity contribution in [1.82, 2.24) is 0 Å². The van der Waals surface area contributed by atoms with Crippen molar-refractivity contribution in [2.24, 2.45) is 0 Å². The molecule has 0 radical (unpaired) electrons. The number of hydrogen-bond donors (Lipinski definition) is 0. The number of terminal acetylenes is 1. The van der Waals surface area contributed by atoms with Gasteiger partial charge in [-0.25, -0.2) is 0 Å². The fourth-order valence-electron chi connectivity index (χ4n) is 2.52. The van der Waals surface area contributed by atoms with Gasteiger partial charge in [-0.1, -0.05) is 71.1 Å². The van der Waals surface area contributed by atoms with E-state index in [1.165, 1.54) is 57.8 Å². The third kappa shape index (κ3) is 17.1. The topological polar surface area (TPSA) is 26.3 Å². The summed E-state index contributed by atoms with van der Waals surface area (Å²) in [6, 6.07) is 0. The first-order valence-corrected chi connectivity index (χ1v) is 9.40. The van der Waals surface area contributed by atoms with Gasteiger partial charge >= 0.3 is 5.97 Å². The third-order valence-electron chi connectivity index (χ3n) is 3.96. The molecule has 128 valence electrons. The highest BCUT2D eigenvalue weighted by Crippen LogP contribution is 2.10. The summed E-state index contributed by atoms with van der Waals surface area (Å²) in [4.78, 5) is 11.5. The van der Waals surface area contributed by atoms with Crippen LogP contribution in [0.15, 0.2) is 0 Å². The summed E-state index contributed by atoms with van der Waals surface area (Å²) in [7, 11) is 0. The zero-order valence-electron chi connectivity index (χ0n) is 14.7. The second-order valence-electron chi connectivity index (χ2n) is 6.17. The first kappa shape index (κ1) is 21.0. The third-order valence-corrected chi connectivity index (χ3v) is 3.96. The van der Waals surface area contributed by atoms with Crippen molar-refractivity contribution < 1.29 is 9.53 Å². The monoisotopic (exact) mass is 308 g/mol. The zero-order valence-corrected chi connectivity index (χ0v) is 14.7. The van der Waals surface area contributed by atoms with Gasteiger partial charge in [0.25, 0.3) is 0 Å². The number of esters is 1. The quantitative estimate of drug-likeness (QED) is 0.197. The predicted molar refractivity (Wildman–Crippen MR) is 94.7 cm³/mol. The lowest BCUT2D eigenvalue weighted by Crippen LogP contribution is -2.05. The molecule has 0 heterocycles. The van der Waals surface area contributed by atoms with Crippen molar-refractivity contribution in [1.29, 1.82) is 0 Å². The van der Waals surface area contributed by atoms with Crippen LogP contribution in [-0.4, -0.2) is 12.6 Å². The standard InChI is InChI=1S/C20H36O2/c1-3-5-7-9-11-12-14-16-18-20(21)22-19-17-15-13-10-8-6-4-2/h1H,4-19H2,2H3. The highest BCUT2D eigenvalue weighted by molar-refractivity contribution is 5.69. The molecular weight excluding hydrogens is 272 g/mol. The summed E-state index contributed by atoms with van der Waals surface area (Å²) < 4.78 is 5.27. The second kappa shape index (κ2) is 18.1. The largest absolute Gasteiger partial charge is 0.466 e. The molecular formula is C20H36O2. The summed E-state index contributed by atoms with van der Waals surface area (Å²) in [5.41, 5.74) is 0. The van der Waals surface area contributed by atoms with Crippen LogP contribution in [0, 0.1) is 12.3 Å². The smallest absolute Gasteiger partial charge is 0.305 e. The van der Waals surface area contributed by atoms with Crippen molar-refractivity contribution >= 4 is 5.97 Å². The Bertz CT molecular complexity index is 278. The van der Waals surface area contributed by atoms with E-state index in [9.17, 15) is 4.79 Å². The molecule has 0 spiro atoms. The van der Waals surface area contributed by atoms with Crippen LogP contribution in [0.3, 0.4) is 0 Å². The molecule has 0 aliphatic heterocycles. The zero-order chi connectivity index (χ0) is 16.3. The van der Waals surface area contributed by atoms with Crippen LogP contribution in [0.5, 0.6) is 0 Å². The Morgan fingerprint density at radius 2 is 1.36 bits per heavy atom. The Morgan fingerprint density at radius 3 is 2.00 bits per heavy atom. The van der Waals surface area contributed by atoms with E-state index in [0.29, 0.717) is 13.0 Å². The molecule has 0 atom stereocenters. The molecule has 0 saturated heterocycles. The number of hydrogen-bond acceptors (Lipinski definition) is 2. The van der Waals surface area contributed by atoms with E-state index in [1.54, 1.807) is 0 Å². The van der Waals surface area contributed by atoms with E-state index in [4.69, 9.17) is 11.2 Å². The minimum atomic E-state index is -0.0154. The Kier molecular flexibility index (Phi) is 17.3. The van der Waals surface area contributed by atoms with Crippen molar-refractivity contribution in [3.8, 4) is 12.3 Å². The molecule has 0 amide bonds. The Hall–Kier alpha value is -0.970. The van der Waals surface area contributed by atoms with E-state index >= 15 is 0 Å². The molecule has 0 N–H and O–H groups in total. The van der Waals surface area contributed by atoms with Gasteiger partial charge in [0.1, 0.15) is 0 Å². The summed E-state index contributed by atoms with van der Waals surface area (Å²) in [5, 5.41) is 0. The number of rotatable bonds is 16. The summed E-state index contributed by atoms with van der Waals surface area (Å²) in [5.74, 6) is 2.65. The molecule has 0 unspecified atom stereocenters. The first-order valence-electron chi connectivity index (χ1n) is 9.40. The van der Waals surface area contributed by atoms with E-state index in [2.05, 4.69) is 12.8 Å². The van der Waals surface area contributed by atoms with Gasteiger partial charge in [-0.2, -0.15) is 0 Å². The maximum absolute atomic E-state index is 11.5. The lowest BCUT2D eigenvalue weighted by Gasteiger charge is -2.05. The molecule has 0 aromatic rings. The molecule has 22 heavy (non-hydrogen) atoms. The molecule has 0 aromatic heterocycles. The average molecular weight is 309 g/mol. The highest BCUT2D eigenvalue weighted by atomic mass is 16.5. The molecule has 0 fully saturated rings. The van der Waals surface area contributed by atoms with Crippen LogP contribution in [0.25, 0.3) is 0 Å². The average Bonchev–Trinajstić information content (AvgIpc) is 2.52. The molecule has 0 saturated carbocycles. The maximum Gasteiger partial charge on any atom is 0.305 e. The van der Waals surface area contributed by atoms with E-state index in [1.807, 2.05) is 0 Å². The molecule has 0 aliphatic carbocycles. The number of unbranched alkanes of at least 4 members (excludes halogenated alkanes) is 12. The van der Waals surface area contributed by atoms with Gasteiger partial charge in [0.2, 0.25) is 0 Å². The van der Waals surface area contributed by atoms with Crippen molar-refractivity contribution in [3.05, 3.63) is 0 Å². The normalized spacial score (nSPS) is 10.4. The van der Waals surface area contributed by atoms with Crippen LogP contribution in [0.2, 0.25) is 0 Å². The first-order chi connectivity index (χ1) is 10.8. The highest BCUT2D eigenvalue weighted by Gasteiger charge is 2.02. The van der Waals surface area contributed by atoms with Crippen LogP contribution >= 0.6 is 0 Å². The minimum absolute atomic E-state index is 0.0154. The molecule has 0 rings (SSSR count). The molecule has 2 heteroatoms. The van der Waals surface area contributed by atoms with E-state index in [0.717, 1.165) is 32.1 Å². The molecule has 0 aliphatic rings. The van der Waals surface area contributed by atoms with Gasteiger partial charge < -0.3 is 4.74 Å².